The largest absolute Gasteiger partial charge is 0.274 e. The molecule has 0 radical (unpaired) electrons. The minimum Gasteiger partial charge on any atom is -0.274 e. The molecule has 1 aromatic heterocycles. The van der Waals surface area contributed by atoms with Crippen LogP contribution in [0, 0.1) is 3.95 Å². The lowest BCUT2D eigenvalue weighted by atomic mass is 10.1. The van der Waals surface area contributed by atoms with Gasteiger partial charge >= 0.3 is 0 Å². The van der Waals surface area contributed by atoms with Crippen molar-refractivity contribution in [2.75, 3.05) is 12.3 Å². The number of amides is 2. The number of aromatic nitrogens is 2. The molecule has 1 aliphatic rings. The molecule has 0 saturated heterocycles. The van der Waals surface area contributed by atoms with Crippen molar-refractivity contribution in [3.05, 3.63) is 69.7 Å². The van der Waals surface area contributed by atoms with Gasteiger partial charge in [0, 0.05) is 12.3 Å². The van der Waals surface area contributed by atoms with Crippen LogP contribution in [0.2, 0.25) is 0 Å². The minimum atomic E-state index is -0.187. The van der Waals surface area contributed by atoms with Gasteiger partial charge in [0.05, 0.1) is 16.8 Å². The SMILES string of the molecule is O=C1c2ccccc2C(=O)N1CCCCSc1nn(-c2ccccc2)c(=S)s1. The topological polar surface area (TPSA) is 55.2 Å². The van der Waals surface area contributed by atoms with Crippen LogP contribution in [0.15, 0.2) is 58.9 Å². The van der Waals surface area contributed by atoms with Crippen molar-refractivity contribution in [2.45, 2.75) is 17.2 Å². The van der Waals surface area contributed by atoms with Crippen molar-refractivity contribution >= 4 is 47.1 Å². The molecule has 5 nitrogen and oxygen atoms in total. The number of unbranched alkanes of at least 4 members (excludes halogenated alkanes) is 1. The van der Waals surface area contributed by atoms with Gasteiger partial charge in [-0.25, -0.2) is 4.68 Å². The van der Waals surface area contributed by atoms with E-state index in [1.807, 2.05) is 30.3 Å². The first kappa shape index (κ1) is 19.0. The van der Waals surface area contributed by atoms with Crippen LogP contribution in [0.1, 0.15) is 33.6 Å². The number of thioether (sulfide) groups is 1. The van der Waals surface area contributed by atoms with E-state index in [0.717, 1.165) is 32.6 Å². The Labute approximate surface area is 176 Å². The van der Waals surface area contributed by atoms with Crippen LogP contribution < -0.4 is 0 Å². The molecular weight excluding hydrogens is 410 g/mol. The van der Waals surface area contributed by atoms with E-state index in [2.05, 4.69) is 5.10 Å². The quantitative estimate of drug-likeness (QED) is 0.234. The molecule has 2 amide bonds. The summed E-state index contributed by atoms with van der Waals surface area (Å²) in [5.74, 6) is 0.487. The third kappa shape index (κ3) is 3.80. The van der Waals surface area contributed by atoms with Gasteiger partial charge < -0.3 is 0 Å². The molecule has 0 fully saturated rings. The summed E-state index contributed by atoms with van der Waals surface area (Å²) in [6.45, 7) is 0.446. The Balaban J connectivity index is 1.28. The van der Waals surface area contributed by atoms with Crippen LogP contribution in [0.4, 0.5) is 0 Å². The number of nitrogens with zero attached hydrogens (tertiary/aromatic N) is 3. The number of para-hydroxylation sites is 1. The molecule has 1 aliphatic heterocycles. The number of hydrogen-bond acceptors (Lipinski definition) is 6. The minimum absolute atomic E-state index is 0.187. The highest BCUT2D eigenvalue weighted by Crippen LogP contribution is 2.26. The van der Waals surface area contributed by atoms with Gasteiger partial charge in [0.15, 0.2) is 8.29 Å². The maximum Gasteiger partial charge on any atom is 0.261 e. The first-order valence-corrected chi connectivity index (χ1v) is 11.1. The highest BCUT2D eigenvalue weighted by atomic mass is 32.2. The third-order valence-corrected chi connectivity index (χ3v) is 6.86. The zero-order valence-electron chi connectivity index (χ0n) is 14.9. The highest BCUT2D eigenvalue weighted by molar-refractivity contribution is 8.01. The Kier molecular flexibility index (Phi) is 5.70. The third-order valence-electron chi connectivity index (χ3n) is 4.41. The van der Waals surface area contributed by atoms with Crippen molar-refractivity contribution in [2.24, 2.45) is 0 Å². The summed E-state index contributed by atoms with van der Waals surface area (Å²) in [7, 11) is 0. The summed E-state index contributed by atoms with van der Waals surface area (Å²) in [5, 5.41) is 4.58. The van der Waals surface area contributed by atoms with Crippen LogP contribution >= 0.6 is 35.3 Å². The Morgan fingerprint density at radius 3 is 2.25 bits per heavy atom. The predicted octanol–water partition coefficient (Wildman–Crippen LogP) is 4.83. The van der Waals surface area contributed by atoms with E-state index in [-0.39, 0.29) is 11.8 Å². The number of hydrogen-bond donors (Lipinski definition) is 0. The Morgan fingerprint density at radius 1 is 0.929 bits per heavy atom. The molecule has 8 heteroatoms. The number of fused-ring (bicyclic) bond motifs is 1. The lowest BCUT2D eigenvalue weighted by Gasteiger charge is -2.13. The summed E-state index contributed by atoms with van der Waals surface area (Å²) in [5.41, 5.74) is 1.97. The zero-order valence-corrected chi connectivity index (χ0v) is 17.4. The van der Waals surface area contributed by atoms with Crippen LogP contribution in [0.3, 0.4) is 0 Å². The predicted molar refractivity (Wildman–Crippen MR) is 114 cm³/mol. The molecule has 2 aromatic carbocycles. The average Bonchev–Trinajstić information content (AvgIpc) is 3.21. The highest BCUT2D eigenvalue weighted by Gasteiger charge is 2.34. The summed E-state index contributed by atoms with van der Waals surface area (Å²) < 4.78 is 3.43. The molecule has 0 atom stereocenters. The van der Waals surface area contributed by atoms with Gasteiger partial charge in [0.1, 0.15) is 0 Å². The van der Waals surface area contributed by atoms with Gasteiger partial charge in [-0.1, -0.05) is 53.4 Å². The second-order valence-corrected chi connectivity index (χ2v) is 9.21. The van der Waals surface area contributed by atoms with Gasteiger partial charge in [0.25, 0.3) is 11.8 Å². The van der Waals surface area contributed by atoms with Gasteiger partial charge in [-0.2, -0.15) is 0 Å². The number of benzene rings is 2. The number of rotatable bonds is 7. The number of carbonyl (C=O) groups excluding carboxylic acids is 2. The maximum atomic E-state index is 12.3. The van der Waals surface area contributed by atoms with Gasteiger partial charge in [0.2, 0.25) is 0 Å². The van der Waals surface area contributed by atoms with E-state index in [0.29, 0.717) is 17.7 Å². The Morgan fingerprint density at radius 2 is 1.57 bits per heavy atom. The lowest BCUT2D eigenvalue weighted by Crippen LogP contribution is -2.30. The van der Waals surface area contributed by atoms with E-state index in [1.165, 1.54) is 16.2 Å². The summed E-state index contributed by atoms with van der Waals surface area (Å²) in [6, 6.07) is 16.8. The van der Waals surface area contributed by atoms with E-state index >= 15 is 0 Å². The van der Waals surface area contributed by atoms with Gasteiger partial charge in [-0.15, -0.1) is 5.10 Å². The van der Waals surface area contributed by atoms with Crippen LogP contribution in [0.25, 0.3) is 5.69 Å². The van der Waals surface area contributed by atoms with Gasteiger partial charge in [-0.05, 0) is 49.3 Å². The van der Waals surface area contributed by atoms with Crippen molar-refractivity contribution in [3.63, 3.8) is 0 Å². The van der Waals surface area contributed by atoms with Crippen LogP contribution in [-0.4, -0.2) is 38.8 Å². The van der Waals surface area contributed by atoms with Crippen LogP contribution in [0.5, 0.6) is 0 Å². The molecule has 0 unspecified atom stereocenters. The van der Waals surface area contributed by atoms with Crippen molar-refractivity contribution < 1.29 is 9.59 Å². The van der Waals surface area contributed by atoms with Crippen molar-refractivity contribution in [1.29, 1.82) is 0 Å². The standard InChI is InChI=1S/C20H17N3O2S3/c24-17-15-10-4-5-11-16(15)18(25)22(17)12-6-7-13-27-19-21-23(20(26)28-19)14-8-2-1-3-9-14/h1-5,8-11H,6-7,12-13H2. The molecule has 0 spiro atoms. The maximum absolute atomic E-state index is 12.3. The number of carbonyl (C=O) groups is 2. The molecule has 3 aromatic rings. The lowest BCUT2D eigenvalue weighted by molar-refractivity contribution is 0.0652. The normalized spacial score (nSPS) is 13.2. The van der Waals surface area contributed by atoms with Crippen molar-refractivity contribution in [3.8, 4) is 5.69 Å². The molecule has 4 rings (SSSR count). The van der Waals surface area contributed by atoms with Crippen molar-refractivity contribution in [1.82, 2.24) is 14.7 Å². The molecule has 0 saturated carbocycles. The smallest absolute Gasteiger partial charge is 0.261 e. The molecule has 2 heterocycles. The summed E-state index contributed by atoms with van der Waals surface area (Å²) >= 11 is 8.56. The molecule has 0 aliphatic carbocycles. The fraction of sp³-hybridized carbons (Fsp3) is 0.200. The number of imide groups is 1. The van der Waals surface area contributed by atoms with E-state index in [9.17, 15) is 9.59 Å². The van der Waals surface area contributed by atoms with E-state index in [4.69, 9.17) is 12.2 Å². The Hall–Kier alpha value is -2.29. The fourth-order valence-electron chi connectivity index (χ4n) is 3.03. The second kappa shape index (κ2) is 8.38. The average molecular weight is 428 g/mol. The fourth-order valence-corrected chi connectivity index (χ4v) is 5.46. The molecule has 0 bridgehead atoms. The monoisotopic (exact) mass is 427 g/mol. The first-order chi connectivity index (χ1) is 13.6. The molecule has 28 heavy (non-hydrogen) atoms. The Bertz CT molecular complexity index is 1040. The first-order valence-electron chi connectivity index (χ1n) is 8.89. The summed E-state index contributed by atoms with van der Waals surface area (Å²) in [4.78, 5) is 26.0. The second-order valence-electron chi connectivity index (χ2n) is 6.24. The van der Waals surface area contributed by atoms with Gasteiger partial charge in [-0.3, -0.25) is 14.5 Å². The van der Waals surface area contributed by atoms with E-state index < -0.39 is 0 Å². The molecule has 142 valence electrons. The summed E-state index contributed by atoms with van der Waals surface area (Å²) in [6.07, 6.45) is 1.65. The molecule has 0 N–H and O–H groups in total. The zero-order chi connectivity index (χ0) is 19.5. The van der Waals surface area contributed by atoms with E-state index in [1.54, 1.807) is 40.7 Å². The van der Waals surface area contributed by atoms with Crippen LogP contribution in [-0.2, 0) is 0 Å². The molecular formula is C20H17N3O2S3.